The zero-order valence-electron chi connectivity index (χ0n) is 10.0. The van der Waals surface area contributed by atoms with E-state index in [0.717, 1.165) is 12.1 Å². The summed E-state index contributed by atoms with van der Waals surface area (Å²) in [5.41, 5.74) is 6.43. The highest BCUT2D eigenvalue weighted by Gasteiger charge is 2.19. The molecule has 88 valence electrons. The lowest BCUT2D eigenvalue weighted by molar-refractivity contribution is -0.122. The highest BCUT2D eigenvalue weighted by atomic mass is 16.2. The fraction of sp³-hybridized carbons (Fsp3) is 0.462. The molecule has 0 aliphatic carbocycles. The van der Waals surface area contributed by atoms with E-state index in [0.29, 0.717) is 13.1 Å². The molecule has 3 heteroatoms. The lowest BCUT2D eigenvalue weighted by Gasteiger charge is -2.24. The molecule has 1 unspecified atom stereocenters. The van der Waals surface area contributed by atoms with E-state index in [-0.39, 0.29) is 11.8 Å². The molecular formula is C13H20N2O. The van der Waals surface area contributed by atoms with Gasteiger partial charge in [-0.1, -0.05) is 25.1 Å². The molecule has 0 fully saturated rings. The van der Waals surface area contributed by atoms with E-state index in [1.54, 1.807) is 4.90 Å². The molecule has 1 amide bonds. The molecule has 0 aromatic heterocycles. The topological polar surface area (TPSA) is 46.3 Å². The highest BCUT2D eigenvalue weighted by molar-refractivity contribution is 5.94. The van der Waals surface area contributed by atoms with Crippen molar-refractivity contribution in [1.29, 1.82) is 0 Å². The molecule has 0 spiro atoms. The number of amides is 1. The number of hydrogen-bond acceptors (Lipinski definition) is 2. The van der Waals surface area contributed by atoms with Crippen LogP contribution in [-0.2, 0) is 4.79 Å². The number of nitrogens with zero attached hydrogens (tertiary/aromatic N) is 1. The van der Waals surface area contributed by atoms with Gasteiger partial charge in [0, 0.05) is 18.2 Å². The Labute approximate surface area is 97.2 Å². The minimum atomic E-state index is -0.00911. The second kappa shape index (κ2) is 6.28. The first-order chi connectivity index (χ1) is 7.70. The van der Waals surface area contributed by atoms with Crippen LogP contribution in [0.5, 0.6) is 0 Å². The molecule has 1 rings (SSSR count). The maximum Gasteiger partial charge on any atom is 0.229 e. The Morgan fingerprint density at radius 3 is 2.50 bits per heavy atom. The van der Waals surface area contributed by atoms with Gasteiger partial charge in [-0.2, -0.15) is 0 Å². The summed E-state index contributed by atoms with van der Waals surface area (Å²) in [7, 11) is 0. The third kappa shape index (κ3) is 3.07. The van der Waals surface area contributed by atoms with Crippen molar-refractivity contribution in [3.63, 3.8) is 0 Å². The predicted octanol–water partition coefficient (Wildman–Crippen LogP) is 2.02. The number of carbonyl (C=O) groups excluding carboxylic acids is 1. The molecule has 0 heterocycles. The largest absolute Gasteiger partial charge is 0.330 e. The van der Waals surface area contributed by atoms with Gasteiger partial charge in [-0.25, -0.2) is 0 Å². The Bertz CT molecular complexity index is 324. The first kappa shape index (κ1) is 12.7. The van der Waals surface area contributed by atoms with Gasteiger partial charge < -0.3 is 10.6 Å². The van der Waals surface area contributed by atoms with E-state index in [4.69, 9.17) is 5.73 Å². The van der Waals surface area contributed by atoms with E-state index < -0.39 is 0 Å². The Balaban J connectivity index is 2.79. The van der Waals surface area contributed by atoms with Crippen molar-refractivity contribution in [3.05, 3.63) is 30.3 Å². The van der Waals surface area contributed by atoms with Crippen molar-refractivity contribution in [1.82, 2.24) is 0 Å². The van der Waals surface area contributed by atoms with Gasteiger partial charge in [0.2, 0.25) is 5.91 Å². The van der Waals surface area contributed by atoms with Gasteiger partial charge in [0.1, 0.15) is 0 Å². The standard InChI is InChI=1S/C13H20N2O/c1-3-15(12-7-5-4-6-8-12)13(16)11(2)9-10-14/h4-8,11H,3,9-10,14H2,1-2H3. The minimum absolute atomic E-state index is 0.00911. The summed E-state index contributed by atoms with van der Waals surface area (Å²) < 4.78 is 0. The van der Waals surface area contributed by atoms with E-state index in [9.17, 15) is 4.79 Å². The van der Waals surface area contributed by atoms with Gasteiger partial charge in [0.25, 0.3) is 0 Å². The Kier molecular flexibility index (Phi) is 4.99. The fourth-order valence-corrected chi connectivity index (χ4v) is 1.71. The number of carbonyl (C=O) groups is 1. The molecule has 16 heavy (non-hydrogen) atoms. The molecule has 0 aliphatic rings. The van der Waals surface area contributed by atoms with Crippen LogP contribution in [-0.4, -0.2) is 19.0 Å². The first-order valence-electron chi connectivity index (χ1n) is 5.77. The Hall–Kier alpha value is -1.35. The zero-order valence-corrected chi connectivity index (χ0v) is 10.0. The highest BCUT2D eigenvalue weighted by Crippen LogP contribution is 2.17. The smallest absolute Gasteiger partial charge is 0.229 e. The molecule has 1 aromatic carbocycles. The molecule has 3 nitrogen and oxygen atoms in total. The molecule has 0 aliphatic heterocycles. The quantitative estimate of drug-likeness (QED) is 0.825. The second-order valence-electron chi connectivity index (χ2n) is 3.90. The van der Waals surface area contributed by atoms with Gasteiger partial charge >= 0.3 is 0 Å². The monoisotopic (exact) mass is 220 g/mol. The summed E-state index contributed by atoms with van der Waals surface area (Å²) in [4.78, 5) is 13.9. The minimum Gasteiger partial charge on any atom is -0.330 e. The van der Waals surface area contributed by atoms with Gasteiger partial charge in [-0.05, 0) is 32.0 Å². The normalized spacial score (nSPS) is 12.2. The van der Waals surface area contributed by atoms with Gasteiger partial charge in [-0.3, -0.25) is 4.79 Å². The molecular weight excluding hydrogens is 200 g/mol. The summed E-state index contributed by atoms with van der Waals surface area (Å²) in [5, 5.41) is 0. The molecule has 0 saturated carbocycles. The average molecular weight is 220 g/mol. The Morgan fingerprint density at radius 2 is 2.00 bits per heavy atom. The van der Waals surface area contributed by atoms with Crippen LogP contribution in [0, 0.1) is 5.92 Å². The summed E-state index contributed by atoms with van der Waals surface area (Å²) in [6, 6.07) is 9.75. The number of nitrogens with two attached hydrogens (primary N) is 1. The van der Waals surface area contributed by atoms with Crippen molar-refractivity contribution < 1.29 is 4.79 Å². The fourth-order valence-electron chi connectivity index (χ4n) is 1.71. The third-order valence-corrected chi connectivity index (χ3v) is 2.67. The second-order valence-corrected chi connectivity index (χ2v) is 3.90. The van der Waals surface area contributed by atoms with E-state index in [1.165, 1.54) is 0 Å². The number of anilines is 1. The number of rotatable bonds is 5. The Morgan fingerprint density at radius 1 is 1.38 bits per heavy atom. The SMILES string of the molecule is CCN(C(=O)C(C)CCN)c1ccccc1. The van der Waals surface area contributed by atoms with Crippen LogP contribution < -0.4 is 10.6 Å². The summed E-state index contributed by atoms with van der Waals surface area (Å²) in [5.74, 6) is 0.143. The maximum absolute atomic E-state index is 12.1. The van der Waals surface area contributed by atoms with Crippen molar-refractivity contribution in [3.8, 4) is 0 Å². The van der Waals surface area contributed by atoms with Gasteiger partial charge in [0.15, 0.2) is 0 Å². The lowest BCUT2D eigenvalue weighted by Crippen LogP contribution is -2.35. The van der Waals surface area contributed by atoms with Crippen LogP contribution >= 0.6 is 0 Å². The van der Waals surface area contributed by atoms with Crippen molar-refractivity contribution in [2.45, 2.75) is 20.3 Å². The van der Waals surface area contributed by atoms with E-state index in [1.807, 2.05) is 44.2 Å². The summed E-state index contributed by atoms with van der Waals surface area (Å²) >= 11 is 0. The molecule has 1 aromatic rings. The lowest BCUT2D eigenvalue weighted by atomic mass is 10.1. The van der Waals surface area contributed by atoms with Crippen molar-refractivity contribution in [2.24, 2.45) is 11.7 Å². The number of hydrogen-bond donors (Lipinski definition) is 1. The van der Waals surface area contributed by atoms with Gasteiger partial charge in [0.05, 0.1) is 0 Å². The van der Waals surface area contributed by atoms with Crippen LogP contribution in [0.4, 0.5) is 5.69 Å². The maximum atomic E-state index is 12.1. The van der Waals surface area contributed by atoms with Gasteiger partial charge in [-0.15, -0.1) is 0 Å². The number of benzene rings is 1. The van der Waals surface area contributed by atoms with Crippen LogP contribution in [0.3, 0.4) is 0 Å². The summed E-state index contributed by atoms with van der Waals surface area (Å²) in [6.07, 6.45) is 0.738. The zero-order chi connectivity index (χ0) is 12.0. The van der Waals surface area contributed by atoms with Crippen LogP contribution in [0.15, 0.2) is 30.3 Å². The van der Waals surface area contributed by atoms with Crippen LogP contribution in [0.2, 0.25) is 0 Å². The molecule has 0 radical (unpaired) electrons. The first-order valence-corrected chi connectivity index (χ1v) is 5.77. The van der Waals surface area contributed by atoms with Crippen molar-refractivity contribution in [2.75, 3.05) is 18.0 Å². The molecule has 1 atom stereocenters. The van der Waals surface area contributed by atoms with Crippen LogP contribution in [0.1, 0.15) is 20.3 Å². The van der Waals surface area contributed by atoms with Crippen molar-refractivity contribution >= 4 is 11.6 Å². The number of para-hydroxylation sites is 1. The predicted molar refractivity (Wildman–Crippen MR) is 67.3 cm³/mol. The average Bonchev–Trinajstić information content (AvgIpc) is 2.31. The third-order valence-electron chi connectivity index (χ3n) is 2.67. The molecule has 0 bridgehead atoms. The molecule has 2 N–H and O–H groups in total. The van der Waals surface area contributed by atoms with Crippen LogP contribution in [0.25, 0.3) is 0 Å². The van der Waals surface area contributed by atoms with E-state index >= 15 is 0 Å². The molecule has 0 saturated heterocycles. The summed E-state index contributed by atoms with van der Waals surface area (Å²) in [6.45, 7) is 5.16. The van der Waals surface area contributed by atoms with E-state index in [2.05, 4.69) is 0 Å².